The Morgan fingerprint density at radius 1 is 1.33 bits per heavy atom. The Balaban J connectivity index is 1.57. The van der Waals surface area contributed by atoms with Gasteiger partial charge in [-0.3, -0.25) is 4.79 Å². The minimum absolute atomic E-state index is 0.00359. The van der Waals surface area contributed by atoms with Crippen molar-refractivity contribution in [3.05, 3.63) is 30.3 Å². The fraction of sp³-hybridized carbons (Fsp3) is 0.500. The van der Waals surface area contributed by atoms with E-state index < -0.39 is 0 Å². The molecule has 1 atom stereocenters. The summed E-state index contributed by atoms with van der Waals surface area (Å²) in [5.41, 5.74) is 0.841. The highest BCUT2D eigenvalue weighted by atomic mass is 16.5. The van der Waals surface area contributed by atoms with Crippen molar-refractivity contribution >= 4 is 11.6 Å². The van der Waals surface area contributed by atoms with Crippen LogP contribution >= 0.6 is 0 Å². The number of anilines is 1. The summed E-state index contributed by atoms with van der Waals surface area (Å²) >= 11 is 0. The Morgan fingerprint density at radius 2 is 2.17 bits per heavy atom. The second-order valence-corrected chi connectivity index (χ2v) is 4.61. The molecule has 1 aromatic rings. The normalized spacial score (nSPS) is 18.8. The minimum atomic E-state index is 0.00359. The Hall–Kier alpha value is -1.39. The summed E-state index contributed by atoms with van der Waals surface area (Å²) in [5.74, 6) is 0.665. The zero-order valence-electron chi connectivity index (χ0n) is 10.5. The molecular weight excluding hydrogens is 228 g/mol. The fourth-order valence-electron chi connectivity index (χ4n) is 2.05. The van der Waals surface area contributed by atoms with Crippen LogP contribution in [0.1, 0.15) is 12.8 Å². The number of amides is 1. The molecular formula is C14H20N2O2. The topological polar surface area (TPSA) is 50.4 Å². The zero-order chi connectivity index (χ0) is 12.6. The van der Waals surface area contributed by atoms with Crippen molar-refractivity contribution in [3.8, 4) is 0 Å². The van der Waals surface area contributed by atoms with Gasteiger partial charge in [0, 0.05) is 18.9 Å². The highest BCUT2D eigenvalue weighted by Crippen LogP contribution is 2.15. The summed E-state index contributed by atoms with van der Waals surface area (Å²) in [7, 11) is 0. The number of carbonyl (C=O) groups excluding carboxylic acids is 1. The van der Waals surface area contributed by atoms with Crippen molar-refractivity contribution in [2.75, 3.05) is 31.6 Å². The van der Waals surface area contributed by atoms with E-state index in [-0.39, 0.29) is 5.91 Å². The van der Waals surface area contributed by atoms with Crippen LogP contribution in [0.3, 0.4) is 0 Å². The number of nitrogens with one attached hydrogen (secondary N) is 2. The molecule has 1 amide bonds. The van der Waals surface area contributed by atoms with Crippen molar-refractivity contribution in [3.63, 3.8) is 0 Å². The predicted molar refractivity (Wildman–Crippen MR) is 71.5 cm³/mol. The maximum absolute atomic E-state index is 11.6. The van der Waals surface area contributed by atoms with Crippen molar-refractivity contribution < 1.29 is 9.53 Å². The molecule has 0 saturated carbocycles. The third-order valence-corrected chi connectivity index (χ3v) is 3.10. The standard InChI is InChI=1S/C14H20N2O2/c17-14(16-13-4-2-1-3-5-13)10-15-8-6-12-7-9-18-11-12/h1-5,12,15H,6-11H2,(H,16,17). The average Bonchev–Trinajstić information content (AvgIpc) is 2.89. The van der Waals surface area contributed by atoms with E-state index in [2.05, 4.69) is 10.6 Å². The number of carbonyl (C=O) groups is 1. The number of hydrogen-bond acceptors (Lipinski definition) is 3. The first kappa shape index (κ1) is 13.1. The van der Waals surface area contributed by atoms with E-state index in [1.807, 2.05) is 30.3 Å². The maximum atomic E-state index is 11.6. The van der Waals surface area contributed by atoms with Crippen LogP contribution in [0.5, 0.6) is 0 Å². The van der Waals surface area contributed by atoms with Gasteiger partial charge < -0.3 is 15.4 Å². The second-order valence-electron chi connectivity index (χ2n) is 4.61. The molecule has 98 valence electrons. The Kier molecular flexibility index (Phi) is 5.17. The van der Waals surface area contributed by atoms with Gasteiger partial charge in [0.15, 0.2) is 0 Å². The third kappa shape index (κ3) is 4.47. The van der Waals surface area contributed by atoms with Gasteiger partial charge >= 0.3 is 0 Å². The number of rotatable bonds is 6. The number of ether oxygens (including phenoxy) is 1. The van der Waals surface area contributed by atoms with Crippen LogP contribution in [-0.2, 0) is 9.53 Å². The zero-order valence-corrected chi connectivity index (χ0v) is 10.5. The Labute approximate surface area is 108 Å². The molecule has 0 radical (unpaired) electrons. The first-order valence-electron chi connectivity index (χ1n) is 6.48. The van der Waals surface area contributed by atoms with E-state index in [0.29, 0.717) is 12.5 Å². The molecule has 1 aromatic carbocycles. The van der Waals surface area contributed by atoms with E-state index in [4.69, 9.17) is 4.74 Å². The van der Waals surface area contributed by atoms with Gasteiger partial charge in [-0.1, -0.05) is 18.2 Å². The summed E-state index contributed by atoms with van der Waals surface area (Å²) in [5, 5.41) is 6.01. The van der Waals surface area contributed by atoms with Gasteiger partial charge in [-0.2, -0.15) is 0 Å². The van der Waals surface area contributed by atoms with Gasteiger partial charge in [-0.05, 0) is 37.4 Å². The first-order valence-corrected chi connectivity index (χ1v) is 6.48. The van der Waals surface area contributed by atoms with E-state index in [1.54, 1.807) is 0 Å². The molecule has 0 aliphatic carbocycles. The number of benzene rings is 1. The van der Waals surface area contributed by atoms with Crippen molar-refractivity contribution in [2.45, 2.75) is 12.8 Å². The lowest BCUT2D eigenvalue weighted by Gasteiger charge is -2.09. The fourth-order valence-corrected chi connectivity index (χ4v) is 2.05. The Morgan fingerprint density at radius 3 is 2.89 bits per heavy atom. The SMILES string of the molecule is O=C(CNCCC1CCOC1)Nc1ccccc1. The van der Waals surface area contributed by atoms with Gasteiger partial charge in [0.25, 0.3) is 0 Å². The summed E-state index contributed by atoms with van der Waals surface area (Å²) in [6.07, 6.45) is 2.23. The largest absolute Gasteiger partial charge is 0.381 e. The highest BCUT2D eigenvalue weighted by Gasteiger charge is 2.14. The molecule has 18 heavy (non-hydrogen) atoms. The molecule has 1 unspecified atom stereocenters. The second kappa shape index (κ2) is 7.13. The molecule has 1 heterocycles. The quantitative estimate of drug-likeness (QED) is 0.752. The van der Waals surface area contributed by atoms with Crippen molar-refractivity contribution in [1.82, 2.24) is 5.32 Å². The minimum Gasteiger partial charge on any atom is -0.381 e. The average molecular weight is 248 g/mol. The van der Waals surface area contributed by atoms with E-state index in [1.165, 1.54) is 0 Å². The number of para-hydroxylation sites is 1. The molecule has 1 aliphatic heterocycles. The molecule has 0 bridgehead atoms. The first-order chi connectivity index (χ1) is 8.84. The molecule has 0 aromatic heterocycles. The predicted octanol–water partition coefficient (Wildman–Crippen LogP) is 1.64. The number of hydrogen-bond donors (Lipinski definition) is 2. The van der Waals surface area contributed by atoms with E-state index in [9.17, 15) is 4.79 Å². The van der Waals surface area contributed by atoms with Crippen LogP contribution < -0.4 is 10.6 Å². The molecule has 4 heteroatoms. The van der Waals surface area contributed by atoms with Crippen LogP contribution in [0.25, 0.3) is 0 Å². The van der Waals surface area contributed by atoms with Crippen LogP contribution in [0.2, 0.25) is 0 Å². The smallest absolute Gasteiger partial charge is 0.238 e. The van der Waals surface area contributed by atoms with Gasteiger partial charge in [0.1, 0.15) is 0 Å². The monoisotopic (exact) mass is 248 g/mol. The molecule has 0 spiro atoms. The molecule has 2 rings (SSSR count). The maximum Gasteiger partial charge on any atom is 0.238 e. The van der Waals surface area contributed by atoms with Gasteiger partial charge in [-0.25, -0.2) is 0 Å². The van der Waals surface area contributed by atoms with Crippen LogP contribution in [0, 0.1) is 5.92 Å². The Bertz CT molecular complexity index is 361. The van der Waals surface area contributed by atoms with Gasteiger partial charge in [0.05, 0.1) is 6.54 Å². The molecule has 1 aliphatic rings. The van der Waals surface area contributed by atoms with Crippen LogP contribution in [0.15, 0.2) is 30.3 Å². The lowest BCUT2D eigenvalue weighted by Crippen LogP contribution is -2.29. The summed E-state index contributed by atoms with van der Waals surface area (Å²) in [6.45, 7) is 3.00. The summed E-state index contributed by atoms with van der Waals surface area (Å²) in [6, 6.07) is 9.51. The summed E-state index contributed by atoms with van der Waals surface area (Å²) in [4.78, 5) is 11.6. The molecule has 1 saturated heterocycles. The molecule has 4 nitrogen and oxygen atoms in total. The van der Waals surface area contributed by atoms with Crippen LogP contribution in [0.4, 0.5) is 5.69 Å². The third-order valence-electron chi connectivity index (χ3n) is 3.10. The van der Waals surface area contributed by atoms with Crippen LogP contribution in [-0.4, -0.2) is 32.2 Å². The molecule has 1 fully saturated rings. The lowest BCUT2D eigenvalue weighted by molar-refractivity contribution is -0.115. The van der Waals surface area contributed by atoms with Gasteiger partial charge in [0.2, 0.25) is 5.91 Å². The van der Waals surface area contributed by atoms with Crippen molar-refractivity contribution in [1.29, 1.82) is 0 Å². The summed E-state index contributed by atoms with van der Waals surface area (Å²) < 4.78 is 5.31. The molecule has 2 N–H and O–H groups in total. The van der Waals surface area contributed by atoms with E-state index in [0.717, 1.165) is 38.3 Å². The van der Waals surface area contributed by atoms with Gasteiger partial charge in [-0.15, -0.1) is 0 Å². The lowest BCUT2D eigenvalue weighted by atomic mass is 10.1. The van der Waals surface area contributed by atoms with Crippen molar-refractivity contribution in [2.24, 2.45) is 5.92 Å². The van der Waals surface area contributed by atoms with E-state index >= 15 is 0 Å². The highest BCUT2D eigenvalue weighted by molar-refractivity contribution is 5.92.